The maximum Gasteiger partial charge on any atom is 0.214 e. The Morgan fingerprint density at radius 1 is 1.35 bits per heavy atom. The van der Waals surface area contributed by atoms with E-state index in [-0.39, 0.29) is 0 Å². The molecule has 0 spiro atoms. The Balaban J connectivity index is 2.59. The van der Waals surface area contributed by atoms with Crippen LogP contribution < -0.4 is 4.80 Å². The highest BCUT2D eigenvalue weighted by Gasteiger charge is 2.06. The topological polar surface area (TPSA) is 46.7 Å². The Morgan fingerprint density at radius 3 is 2.76 bits per heavy atom. The number of hydrogen-bond acceptors (Lipinski definition) is 3. The van der Waals surface area contributed by atoms with E-state index >= 15 is 0 Å². The minimum absolute atomic E-state index is 0.582. The van der Waals surface area contributed by atoms with Crippen LogP contribution in [0.2, 0.25) is 0 Å². The third kappa shape index (κ3) is 2.39. The van der Waals surface area contributed by atoms with Gasteiger partial charge in [0.15, 0.2) is 0 Å². The van der Waals surface area contributed by atoms with E-state index < -0.39 is 0 Å². The van der Waals surface area contributed by atoms with Crippen molar-refractivity contribution in [3.8, 4) is 11.3 Å². The van der Waals surface area contributed by atoms with Gasteiger partial charge in [0, 0.05) is 11.9 Å². The van der Waals surface area contributed by atoms with Crippen molar-refractivity contribution in [3.63, 3.8) is 0 Å². The van der Waals surface area contributed by atoms with Crippen LogP contribution in [0, 0.1) is 4.91 Å². The second-order valence-corrected chi connectivity index (χ2v) is 4.19. The molecule has 0 saturated heterocycles. The minimum atomic E-state index is 0.582. The van der Waals surface area contributed by atoms with E-state index in [1.165, 1.54) is 11.3 Å². The van der Waals surface area contributed by atoms with Crippen molar-refractivity contribution in [1.82, 2.24) is 4.57 Å². The van der Waals surface area contributed by atoms with Crippen LogP contribution in [0.5, 0.6) is 0 Å². The molecule has 0 aliphatic rings. The number of benzene rings is 1. The molecule has 0 fully saturated rings. The first-order valence-corrected chi connectivity index (χ1v) is 5.95. The molecule has 5 heteroatoms. The van der Waals surface area contributed by atoms with Crippen LogP contribution in [0.3, 0.4) is 0 Å². The molecule has 0 aliphatic carbocycles. The molecule has 0 N–H and O–H groups in total. The van der Waals surface area contributed by atoms with Crippen LogP contribution in [0.15, 0.2) is 58.8 Å². The Kier molecular flexibility index (Phi) is 3.62. The number of aromatic nitrogens is 1. The number of rotatable bonds is 4. The van der Waals surface area contributed by atoms with Gasteiger partial charge in [-0.15, -0.1) is 22.8 Å². The Labute approximate surface area is 103 Å². The molecule has 1 heterocycles. The predicted molar refractivity (Wildman–Crippen MR) is 69.3 cm³/mol. The molecule has 0 atom stereocenters. The normalized spacial score (nSPS) is 11.4. The van der Waals surface area contributed by atoms with Gasteiger partial charge in [0.2, 0.25) is 4.80 Å². The summed E-state index contributed by atoms with van der Waals surface area (Å²) in [5, 5.41) is 8.12. The molecule has 4 nitrogen and oxygen atoms in total. The van der Waals surface area contributed by atoms with E-state index in [4.69, 9.17) is 0 Å². The van der Waals surface area contributed by atoms with Gasteiger partial charge < -0.3 is 4.57 Å². The Bertz CT molecular complexity index is 583. The quantitative estimate of drug-likeness (QED) is 0.464. The van der Waals surface area contributed by atoms with Gasteiger partial charge in [-0.25, -0.2) is 0 Å². The van der Waals surface area contributed by atoms with Gasteiger partial charge in [0.25, 0.3) is 0 Å². The molecule has 0 aliphatic heterocycles. The van der Waals surface area contributed by atoms with Crippen LogP contribution >= 0.6 is 11.3 Å². The van der Waals surface area contributed by atoms with E-state index in [2.05, 4.69) is 17.0 Å². The summed E-state index contributed by atoms with van der Waals surface area (Å²) >= 11 is 1.39. The standard InChI is InChI=1S/C12H11N3OS/c1-2-8-15-11(9-17-12(15)13-14-16)10-6-4-3-5-7-10/h2-7,9H,1,8H2/b13-12+. The fraction of sp³-hybridized carbons (Fsp3) is 0.0833. The molecule has 1 aromatic carbocycles. The molecule has 0 unspecified atom stereocenters. The van der Waals surface area contributed by atoms with Crippen molar-refractivity contribution >= 4 is 11.3 Å². The van der Waals surface area contributed by atoms with Gasteiger partial charge in [-0.2, -0.15) is 0 Å². The smallest absolute Gasteiger partial charge is 0.214 e. The first-order valence-electron chi connectivity index (χ1n) is 5.08. The van der Waals surface area contributed by atoms with Crippen LogP contribution in [0.25, 0.3) is 11.3 Å². The van der Waals surface area contributed by atoms with Crippen molar-refractivity contribution in [2.24, 2.45) is 10.4 Å². The van der Waals surface area contributed by atoms with Gasteiger partial charge in [-0.3, -0.25) is 0 Å². The largest absolute Gasteiger partial charge is 0.311 e. The number of thiazole rings is 1. The minimum Gasteiger partial charge on any atom is -0.311 e. The second kappa shape index (κ2) is 5.36. The molecule has 0 amide bonds. The number of nitroso groups, excluding NO2 is 1. The average molecular weight is 245 g/mol. The van der Waals surface area contributed by atoms with Crippen LogP contribution in [-0.4, -0.2) is 4.57 Å². The maximum absolute atomic E-state index is 10.2. The van der Waals surface area contributed by atoms with Crippen LogP contribution in [-0.2, 0) is 6.54 Å². The monoisotopic (exact) mass is 245 g/mol. The van der Waals surface area contributed by atoms with Crippen LogP contribution in [0.4, 0.5) is 0 Å². The van der Waals surface area contributed by atoms with Crippen molar-refractivity contribution in [1.29, 1.82) is 0 Å². The maximum atomic E-state index is 10.2. The first-order chi connectivity index (χ1) is 8.36. The van der Waals surface area contributed by atoms with Gasteiger partial charge in [0.1, 0.15) is 0 Å². The molecular formula is C12H11N3OS. The van der Waals surface area contributed by atoms with Crippen molar-refractivity contribution in [3.05, 3.63) is 58.1 Å². The van der Waals surface area contributed by atoms with E-state index in [0.29, 0.717) is 11.3 Å². The van der Waals surface area contributed by atoms with Crippen molar-refractivity contribution in [2.75, 3.05) is 0 Å². The van der Waals surface area contributed by atoms with Gasteiger partial charge in [0.05, 0.1) is 11.0 Å². The Hall–Kier alpha value is -2.01. The predicted octanol–water partition coefficient (Wildman–Crippen LogP) is 2.98. The molecule has 17 heavy (non-hydrogen) atoms. The second-order valence-electron chi connectivity index (χ2n) is 3.35. The first kappa shape index (κ1) is 11.5. The summed E-state index contributed by atoms with van der Waals surface area (Å²) in [5.41, 5.74) is 2.09. The van der Waals surface area contributed by atoms with Crippen molar-refractivity contribution in [2.45, 2.75) is 6.54 Å². The zero-order valence-electron chi connectivity index (χ0n) is 9.11. The average Bonchev–Trinajstić information content (AvgIpc) is 2.75. The number of nitrogens with zero attached hydrogens (tertiary/aromatic N) is 3. The lowest BCUT2D eigenvalue weighted by Crippen LogP contribution is -2.14. The summed E-state index contributed by atoms with van der Waals surface area (Å²) in [6, 6.07) is 9.94. The SMILES string of the molecule is C=CCn1c(-c2ccccc2)cs/c1=N/N=O. The highest BCUT2D eigenvalue weighted by atomic mass is 32.1. The zero-order valence-corrected chi connectivity index (χ0v) is 9.93. The highest BCUT2D eigenvalue weighted by Crippen LogP contribution is 2.19. The lowest BCUT2D eigenvalue weighted by atomic mass is 10.2. The lowest BCUT2D eigenvalue weighted by Gasteiger charge is -2.05. The summed E-state index contributed by atoms with van der Waals surface area (Å²) in [6.45, 7) is 4.30. The number of hydrogen-bond donors (Lipinski definition) is 0. The van der Waals surface area contributed by atoms with Gasteiger partial charge in [-0.05, 0) is 5.56 Å². The zero-order chi connectivity index (χ0) is 12.1. The van der Waals surface area contributed by atoms with E-state index in [1.54, 1.807) is 6.08 Å². The summed E-state index contributed by atoms with van der Waals surface area (Å²) in [4.78, 5) is 10.8. The van der Waals surface area contributed by atoms with E-state index in [1.807, 2.05) is 40.3 Å². The fourth-order valence-electron chi connectivity index (χ4n) is 1.59. The molecular weight excluding hydrogens is 234 g/mol. The molecule has 2 rings (SSSR count). The molecule has 0 bridgehead atoms. The molecule has 86 valence electrons. The molecule has 2 aromatic rings. The highest BCUT2D eigenvalue weighted by molar-refractivity contribution is 7.07. The van der Waals surface area contributed by atoms with E-state index in [9.17, 15) is 4.91 Å². The van der Waals surface area contributed by atoms with Gasteiger partial charge >= 0.3 is 0 Å². The van der Waals surface area contributed by atoms with Gasteiger partial charge in [-0.1, -0.05) is 41.5 Å². The summed E-state index contributed by atoms with van der Waals surface area (Å²) in [5.74, 6) is 0. The Morgan fingerprint density at radius 2 is 2.12 bits per heavy atom. The van der Waals surface area contributed by atoms with E-state index in [0.717, 1.165) is 11.3 Å². The summed E-state index contributed by atoms with van der Waals surface area (Å²) in [6.07, 6.45) is 1.77. The number of allylic oxidation sites excluding steroid dienone is 1. The summed E-state index contributed by atoms with van der Waals surface area (Å²) < 4.78 is 1.91. The summed E-state index contributed by atoms with van der Waals surface area (Å²) in [7, 11) is 0. The molecule has 0 saturated carbocycles. The fourth-order valence-corrected chi connectivity index (χ4v) is 2.45. The third-order valence-electron chi connectivity index (χ3n) is 2.31. The molecule has 1 aromatic heterocycles. The van der Waals surface area contributed by atoms with Crippen LogP contribution in [0.1, 0.15) is 0 Å². The lowest BCUT2D eigenvalue weighted by molar-refractivity contribution is 0.787. The van der Waals surface area contributed by atoms with Crippen molar-refractivity contribution < 1.29 is 0 Å². The third-order valence-corrected chi connectivity index (χ3v) is 3.16. The molecule has 0 radical (unpaired) electrons.